The number of halogens is 1. The Balaban J connectivity index is 1.57. The van der Waals surface area contributed by atoms with Crippen molar-refractivity contribution in [1.82, 2.24) is 9.91 Å². The Morgan fingerprint density at radius 2 is 1.71 bits per heavy atom. The van der Waals surface area contributed by atoms with Crippen molar-refractivity contribution in [2.24, 2.45) is 5.10 Å². The topological polar surface area (TPSA) is 35.9 Å². The van der Waals surface area contributed by atoms with Gasteiger partial charge < -0.3 is 0 Å². The van der Waals surface area contributed by atoms with Gasteiger partial charge in [0, 0.05) is 13.0 Å². The zero-order valence-corrected chi connectivity index (χ0v) is 17.8. The van der Waals surface area contributed by atoms with Crippen molar-refractivity contribution in [1.29, 1.82) is 0 Å². The third kappa shape index (κ3) is 4.89. The van der Waals surface area contributed by atoms with Gasteiger partial charge in [-0.2, -0.15) is 5.10 Å². The molecule has 1 heterocycles. The second-order valence-corrected chi connectivity index (χ2v) is 8.03. The first-order valence-electron chi connectivity index (χ1n) is 10.4. The van der Waals surface area contributed by atoms with Crippen LogP contribution < -0.4 is 0 Å². The lowest BCUT2D eigenvalue weighted by atomic mass is 9.95. The van der Waals surface area contributed by atoms with Crippen LogP contribution in [0, 0.1) is 12.7 Å². The van der Waals surface area contributed by atoms with Gasteiger partial charge in [-0.1, -0.05) is 66.7 Å². The smallest absolute Gasteiger partial charge is 0.257 e. The highest BCUT2D eigenvalue weighted by molar-refractivity contribution is 6.03. The zero-order chi connectivity index (χ0) is 21.8. The van der Waals surface area contributed by atoms with Crippen molar-refractivity contribution in [3.05, 3.63) is 107 Å². The van der Waals surface area contributed by atoms with Gasteiger partial charge in [-0.25, -0.2) is 9.40 Å². The minimum atomic E-state index is -0.284. The summed E-state index contributed by atoms with van der Waals surface area (Å²) in [6.45, 7) is 3.00. The Hall–Kier alpha value is -3.31. The number of carbonyl (C=O) groups excluding carboxylic acids is 1. The molecule has 5 heteroatoms. The van der Waals surface area contributed by atoms with Crippen molar-refractivity contribution < 1.29 is 9.18 Å². The lowest BCUT2D eigenvalue weighted by Gasteiger charge is -2.25. The summed E-state index contributed by atoms with van der Waals surface area (Å²) >= 11 is 0. The molecule has 0 fully saturated rings. The van der Waals surface area contributed by atoms with Gasteiger partial charge in [-0.3, -0.25) is 9.69 Å². The van der Waals surface area contributed by atoms with Crippen LogP contribution in [0.4, 0.5) is 4.39 Å². The summed E-state index contributed by atoms with van der Waals surface area (Å²) in [5.74, 6) is -0.336. The monoisotopic (exact) mass is 415 g/mol. The quantitative estimate of drug-likeness (QED) is 0.571. The molecule has 1 atom stereocenters. The first-order valence-corrected chi connectivity index (χ1v) is 10.4. The summed E-state index contributed by atoms with van der Waals surface area (Å²) in [5.41, 5.74) is 5.01. The van der Waals surface area contributed by atoms with Crippen LogP contribution in [-0.4, -0.2) is 35.1 Å². The fraction of sp³-hybridized carbons (Fsp3) is 0.231. The van der Waals surface area contributed by atoms with Gasteiger partial charge >= 0.3 is 0 Å². The fourth-order valence-corrected chi connectivity index (χ4v) is 4.01. The molecular formula is C26H26FN3O. The number of aryl methyl sites for hydroxylation is 1. The SMILES string of the molecule is Cc1ccccc1C1CC(c2ccc(F)cc2)=NN1C(=O)CN(C)Cc1ccccc1. The average Bonchev–Trinajstić information content (AvgIpc) is 3.20. The van der Waals surface area contributed by atoms with Crippen LogP contribution in [0.15, 0.2) is 84.0 Å². The molecule has 3 aromatic carbocycles. The second kappa shape index (κ2) is 9.23. The molecule has 1 amide bonds. The minimum Gasteiger partial charge on any atom is -0.293 e. The van der Waals surface area contributed by atoms with Gasteiger partial charge in [0.1, 0.15) is 5.82 Å². The number of benzene rings is 3. The highest BCUT2D eigenvalue weighted by Gasteiger charge is 2.34. The van der Waals surface area contributed by atoms with E-state index in [1.54, 1.807) is 17.1 Å². The van der Waals surface area contributed by atoms with Gasteiger partial charge in [0.2, 0.25) is 0 Å². The van der Waals surface area contributed by atoms with E-state index in [0.717, 1.165) is 28.0 Å². The van der Waals surface area contributed by atoms with Gasteiger partial charge in [-0.15, -0.1) is 0 Å². The molecule has 0 N–H and O–H groups in total. The third-order valence-electron chi connectivity index (χ3n) is 5.59. The summed E-state index contributed by atoms with van der Waals surface area (Å²) in [7, 11) is 1.94. The summed E-state index contributed by atoms with van der Waals surface area (Å²) in [4.78, 5) is 15.3. The molecule has 31 heavy (non-hydrogen) atoms. The zero-order valence-electron chi connectivity index (χ0n) is 17.8. The van der Waals surface area contributed by atoms with E-state index in [1.165, 1.54) is 12.1 Å². The number of carbonyl (C=O) groups is 1. The van der Waals surface area contributed by atoms with Gasteiger partial charge in [-0.05, 0) is 48.4 Å². The third-order valence-corrected chi connectivity index (χ3v) is 5.59. The van der Waals surface area contributed by atoms with Crippen molar-refractivity contribution in [2.75, 3.05) is 13.6 Å². The van der Waals surface area contributed by atoms with Gasteiger partial charge in [0.25, 0.3) is 5.91 Å². The molecule has 1 unspecified atom stereocenters. The molecule has 1 aliphatic heterocycles. The average molecular weight is 416 g/mol. The van der Waals surface area contributed by atoms with E-state index in [4.69, 9.17) is 5.10 Å². The molecule has 3 aromatic rings. The Morgan fingerprint density at radius 1 is 1.03 bits per heavy atom. The number of likely N-dealkylation sites (N-methyl/N-ethyl adjacent to an activating group) is 1. The predicted molar refractivity (Wildman–Crippen MR) is 121 cm³/mol. The lowest BCUT2D eigenvalue weighted by Crippen LogP contribution is -2.36. The van der Waals surface area contributed by atoms with Gasteiger partial charge in [0.15, 0.2) is 0 Å². The lowest BCUT2D eigenvalue weighted by molar-refractivity contribution is -0.134. The van der Waals surface area contributed by atoms with Crippen LogP contribution in [-0.2, 0) is 11.3 Å². The molecule has 0 radical (unpaired) electrons. The first-order chi connectivity index (χ1) is 15.0. The van der Waals surface area contributed by atoms with Crippen LogP contribution in [0.25, 0.3) is 0 Å². The van der Waals surface area contributed by atoms with Crippen LogP contribution in [0.1, 0.15) is 34.7 Å². The molecule has 0 aromatic heterocycles. The van der Waals surface area contributed by atoms with E-state index in [9.17, 15) is 9.18 Å². The van der Waals surface area contributed by atoms with E-state index in [1.807, 2.05) is 42.3 Å². The van der Waals surface area contributed by atoms with Crippen molar-refractivity contribution in [3.8, 4) is 0 Å². The van der Waals surface area contributed by atoms with E-state index in [2.05, 4.69) is 31.2 Å². The Bertz CT molecular complexity index is 1080. The van der Waals surface area contributed by atoms with E-state index < -0.39 is 0 Å². The first kappa shape index (κ1) is 20.9. The van der Waals surface area contributed by atoms with Crippen molar-refractivity contribution >= 4 is 11.6 Å². The van der Waals surface area contributed by atoms with Crippen molar-refractivity contribution in [3.63, 3.8) is 0 Å². The Morgan fingerprint density at radius 3 is 2.42 bits per heavy atom. The van der Waals surface area contributed by atoms with Crippen LogP contribution in [0.5, 0.6) is 0 Å². The Kier molecular flexibility index (Phi) is 6.23. The van der Waals surface area contributed by atoms with E-state index in [-0.39, 0.29) is 24.3 Å². The summed E-state index contributed by atoms with van der Waals surface area (Å²) in [5, 5.41) is 6.31. The molecule has 158 valence electrons. The number of rotatable bonds is 6. The largest absolute Gasteiger partial charge is 0.293 e. The number of nitrogens with zero attached hydrogens (tertiary/aromatic N) is 3. The maximum Gasteiger partial charge on any atom is 0.257 e. The Labute approximate surface area is 182 Å². The molecule has 0 saturated carbocycles. The molecule has 0 saturated heterocycles. The van der Waals surface area contributed by atoms with E-state index in [0.29, 0.717) is 13.0 Å². The summed E-state index contributed by atoms with van der Waals surface area (Å²) in [6, 6.07) is 24.3. The molecule has 0 spiro atoms. The molecule has 0 bridgehead atoms. The van der Waals surface area contributed by atoms with Crippen LogP contribution in [0.3, 0.4) is 0 Å². The molecule has 0 aliphatic carbocycles. The maximum absolute atomic E-state index is 13.4. The molecular weight excluding hydrogens is 389 g/mol. The fourth-order valence-electron chi connectivity index (χ4n) is 4.01. The molecule has 1 aliphatic rings. The highest BCUT2D eigenvalue weighted by atomic mass is 19.1. The normalized spacial score (nSPS) is 15.9. The second-order valence-electron chi connectivity index (χ2n) is 8.03. The standard InChI is InChI=1S/C26H26FN3O/c1-19-8-6-7-11-23(19)25-16-24(21-12-14-22(27)15-13-21)28-30(25)26(31)18-29(2)17-20-9-4-3-5-10-20/h3-15,25H,16-18H2,1-2H3. The minimum absolute atomic E-state index is 0.0520. The molecule has 4 nitrogen and oxygen atoms in total. The maximum atomic E-state index is 13.4. The van der Waals surface area contributed by atoms with Gasteiger partial charge in [0.05, 0.1) is 18.3 Å². The van der Waals surface area contributed by atoms with Crippen molar-refractivity contribution in [2.45, 2.75) is 25.9 Å². The number of amides is 1. The number of hydrogen-bond donors (Lipinski definition) is 0. The number of hydrogen-bond acceptors (Lipinski definition) is 3. The van der Waals surface area contributed by atoms with Crippen LogP contribution in [0.2, 0.25) is 0 Å². The number of hydrazone groups is 1. The predicted octanol–water partition coefficient (Wildman–Crippen LogP) is 4.94. The summed E-state index contributed by atoms with van der Waals surface area (Å²) < 4.78 is 13.4. The summed E-state index contributed by atoms with van der Waals surface area (Å²) in [6.07, 6.45) is 0.602. The molecule has 4 rings (SSSR count). The van der Waals surface area contributed by atoms with Crippen LogP contribution >= 0.6 is 0 Å². The highest BCUT2D eigenvalue weighted by Crippen LogP contribution is 2.34. The van der Waals surface area contributed by atoms with E-state index >= 15 is 0 Å².